The highest BCUT2D eigenvalue weighted by atomic mass is 16.6. The second-order valence-corrected chi connectivity index (χ2v) is 9.50. The number of aromatic nitrogens is 1. The van der Waals surface area contributed by atoms with Crippen LogP contribution in [0.5, 0.6) is 11.5 Å². The Morgan fingerprint density at radius 2 is 1.88 bits per heavy atom. The molecular weight excluding hydrogens is 524 g/mol. The molecule has 0 bridgehead atoms. The van der Waals surface area contributed by atoms with Gasteiger partial charge < -0.3 is 34.1 Å². The van der Waals surface area contributed by atoms with E-state index in [2.05, 4.69) is 10.3 Å². The van der Waals surface area contributed by atoms with E-state index in [9.17, 15) is 24.3 Å². The van der Waals surface area contributed by atoms with Gasteiger partial charge in [-0.15, -0.1) is 0 Å². The molecule has 12 nitrogen and oxygen atoms in total. The SMILES string of the molecule is COc1ccnc(C(=O)NC2COC(=O)C(CCOCc3ccccc3)C(OC(=O)C(C)C)C(C)OC2=O)c1O. The molecule has 2 N–H and O–H groups in total. The van der Waals surface area contributed by atoms with E-state index in [4.69, 9.17) is 23.7 Å². The normalized spacial score (nSPS) is 21.3. The second kappa shape index (κ2) is 14.3. The first-order chi connectivity index (χ1) is 19.1. The van der Waals surface area contributed by atoms with Gasteiger partial charge in [0, 0.05) is 18.9 Å². The van der Waals surface area contributed by atoms with Gasteiger partial charge in [0.05, 0.1) is 25.6 Å². The number of amides is 1. The van der Waals surface area contributed by atoms with Crippen LogP contribution >= 0.6 is 0 Å². The smallest absolute Gasteiger partial charge is 0.332 e. The number of benzene rings is 1. The van der Waals surface area contributed by atoms with Crippen molar-refractivity contribution >= 4 is 23.8 Å². The lowest BCUT2D eigenvalue weighted by Gasteiger charge is -2.29. The van der Waals surface area contributed by atoms with Gasteiger partial charge in [-0.2, -0.15) is 0 Å². The fraction of sp³-hybridized carbons (Fsp3) is 0.464. The average Bonchev–Trinajstić information content (AvgIpc) is 2.97. The lowest BCUT2D eigenvalue weighted by Crippen LogP contribution is -2.46. The second-order valence-electron chi connectivity index (χ2n) is 9.50. The van der Waals surface area contributed by atoms with Gasteiger partial charge >= 0.3 is 17.9 Å². The molecule has 1 aliphatic rings. The van der Waals surface area contributed by atoms with Crippen molar-refractivity contribution in [1.82, 2.24) is 10.3 Å². The van der Waals surface area contributed by atoms with Crippen LogP contribution in [-0.2, 0) is 39.9 Å². The first kappa shape index (κ1) is 30.4. The van der Waals surface area contributed by atoms with E-state index in [0.717, 1.165) is 5.56 Å². The molecule has 0 saturated carbocycles. The molecule has 2 aromatic rings. The summed E-state index contributed by atoms with van der Waals surface area (Å²) in [5.41, 5.74) is 0.545. The number of hydrogen-bond donors (Lipinski definition) is 2. The number of aromatic hydroxyl groups is 1. The van der Waals surface area contributed by atoms with E-state index in [1.807, 2.05) is 30.3 Å². The van der Waals surface area contributed by atoms with Crippen molar-refractivity contribution in [1.29, 1.82) is 0 Å². The maximum absolute atomic E-state index is 13.2. The third-order valence-electron chi connectivity index (χ3n) is 6.18. The van der Waals surface area contributed by atoms with E-state index >= 15 is 0 Å². The summed E-state index contributed by atoms with van der Waals surface area (Å²) >= 11 is 0. The van der Waals surface area contributed by atoms with Crippen molar-refractivity contribution in [2.45, 2.75) is 52.0 Å². The van der Waals surface area contributed by atoms with Crippen molar-refractivity contribution in [2.24, 2.45) is 11.8 Å². The minimum Gasteiger partial charge on any atom is -0.503 e. The molecule has 40 heavy (non-hydrogen) atoms. The van der Waals surface area contributed by atoms with Crippen LogP contribution in [0.15, 0.2) is 42.6 Å². The Morgan fingerprint density at radius 1 is 1.15 bits per heavy atom. The highest BCUT2D eigenvalue weighted by Crippen LogP contribution is 2.28. The Bertz CT molecular complexity index is 1190. The number of nitrogens with one attached hydrogen (secondary N) is 1. The van der Waals surface area contributed by atoms with Gasteiger partial charge in [0.2, 0.25) is 0 Å². The summed E-state index contributed by atoms with van der Waals surface area (Å²) in [5.74, 6) is -5.23. The van der Waals surface area contributed by atoms with Crippen LogP contribution in [0.25, 0.3) is 0 Å². The Labute approximate surface area is 231 Å². The molecule has 12 heteroatoms. The zero-order valence-electron chi connectivity index (χ0n) is 22.8. The molecule has 1 saturated heterocycles. The third kappa shape index (κ3) is 7.92. The minimum absolute atomic E-state index is 0.00405. The van der Waals surface area contributed by atoms with E-state index in [1.165, 1.54) is 26.3 Å². The van der Waals surface area contributed by atoms with Crippen molar-refractivity contribution in [3.8, 4) is 11.5 Å². The minimum atomic E-state index is -1.43. The van der Waals surface area contributed by atoms with Gasteiger partial charge in [-0.25, -0.2) is 9.78 Å². The zero-order chi connectivity index (χ0) is 29.2. The summed E-state index contributed by atoms with van der Waals surface area (Å²) in [7, 11) is 1.30. The van der Waals surface area contributed by atoms with Crippen LogP contribution in [-0.4, -0.2) is 72.5 Å². The highest BCUT2D eigenvalue weighted by molar-refractivity contribution is 5.98. The topological polar surface area (TPSA) is 160 Å². The molecule has 0 radical (unpaired) electrons. The standard InChI is InChI=1S/C28H34N2O10/c1-16(2)26(33)40-24-17(3)39-28(35)20(30-25(32)22-23(31)21(36-4)10-12-29-22)15-38-27(34)19(24)11-13-37-14-18-8-6-5-7-9-18/h5-10,12,16-17,19-20,24,31H,11,13-15H2,1-4H3,(H,30,32). The molecule has 1 amide bonds. The zero-order valence-corrected chi connectivity index (χ0v) is 22.8. The highest BCUT2D eigenvalue weighted by Gasteiger charge is 2.42. The van der Waals surface area contributed by atoms with E-state index in [-0.39, 0.29) is 18.8 Å². The molecule has 4 atom stereocenters. The number of hydrogen-bond acceptors (Lipinski definition) is 11. The first-order valence-corrected chi connectivity index (χ1v) is 12.8. The van der Waals surface area contributed by atoms with Gasteiger partial charge in [0.25, 0.3) is 5.91 Å². The predicted molar refractivity (Wildman–Crippen MR) is 139 cm³/mol. The van der Waals surface area contributed by atoms with Crippen molar-refractivity contribution < 1.29 is 48.0 Å². The van der Waals surface area contributed by atoms with Crippen molar-refractivity contribution in [3.05, 3.63) is 53.9 Å². The van der Waals surface area contributed by atoms with E-state index in [0.29, 0.717) is 6.61 Å². The lowest BCUT2D eigenvalue weighted by molar-refractivity contribution is -0.177. The van der Waals surface area contributed by atoms with Crippen LogP contribution < -0.4 is 10.1 Å². The number of ether oxygens (including phenoxy) is 5. The fourth-order valence-corrected chi connectivity index (χ4v) is 3.93. The van der Waals surface area contributed by atoms with Gasteiger partial charge in [-0.3, -0.25) is 14.4 Å². The molecule has 1 aliphatic heterocycles. The summed E-state index contributed by atoms with van der Waals surface area (Å²) in [6.45, 7) is 4.64. The number of pyridine rings is 1. The maximum Gasteiger partial charge on any atom is 0.332 e. The van der Waals surface area contributed by atoms with E-state index in [1.54, 1.807) is 13.8 Å². The first-order valence-electron chi connectivity index (χ1n) is 12.8. The van der Waals surface area contributed by atoms with Crippen LogP contribution in [0, 0.1) is 11.8 Å². The van der Waals surface area contributed by atoms with Crippen molar-refractivity contribution in [3.63, 3.8) is 0 Å². The molecule has 0 spiro atoms. The van der Waals surface area contributed by atoms with Crippen LogP contribution in [0.4, 0.5) is 0 Å². The Balaban J connectivity index is 1.77. The number of carbonyl (C=O) groups is 4. The Morgan fingerprint density at radius 3 is 2.55 bits per heavy atom. The fourth-order valence-electron chi connectivity index (χ4n) is 3.93. The Hall–Kier alpha value is -4.19. The average molecular weight is 559 g/mol. The van der Waals surface area contributed by atoms with Crippen molar-refractivity contribution in [2.75, 3.05) is 20.3 Å². The van der Waals surface area contributed by atoms with Gasteiger partial charge in [0.1, 0.15) is 12.7 Å². The predicted octanol–water partition coefficient (Wildman–Crippen LogP) is 2.17. The summed E-state index contributed by atoms with van der Waals surface area (Å²) in [6.07, 6.45) is -0.870. The van der Waals surface area contributed by atoms with E-state index < -0.39 is 72.0 Å². The quantitative estimate of drug-likeness (QED) is 0.250. The van der Waals surface area contributed by atoms with Gasteiger partial charge in [0.15, 0.2) is 29.3 Å². The monoisotopic (exact) mass is 558 g/mol. The molecule has 3 rings (SSSR count). The third-order valence-corrected chi connectivity index (χ3v) is 6.18. The number of rotatable bonds is 10. The number of cyclic esters (lactones) is 2. The molecular formula is C28H34N2O10. The largest absolute Gasteiger partial charge is 0.503 e. The Kier molecular flexibility index (Phi) is 10.8. The maximum atomic E-state index is 13.2. The molecule has 1 aromatic heterocycles. The lowest BCUT2D eigenvalue weighted by atomic mass is 9.94. The number of esters is 3. The number of methoxy groups -OCH3 is 1. The molecule has 216 valence electrons. The molecule has 1 fully saturated rings. The molecule has 4 unspecified atom stereocenters. The summed E-state index contributed by atoms with van der Waals surface area (Å²) in [4.78, 5) is 55.4. The van der Waals surface area contributed by atoms with Gasteiger partial charge in [-0.05, 0) is 18.9 Å². The van der Waals surface area contributed by atoms with Crippen LogP contribution in [0.2, 0.25) is 0 Å². The molecule has 1 aromatic carbocycles. The molecule has 0 aliphatic carbocycles. The number of nitrogens with zero attached hydrogens (tertiary/aromatic N) is 1. The van der Waals surface area contributed by atoms with Crippen LogP contribution in [0.1, 0.15) is 43.2 Å². The molecule has 2 heterocycles. The van der Waals surface area contributed by atoms with Crippen LogP contribution in [0.3, 0.4) is 0 Å². The van der Waals surface area contributed by atoms with Gasteiger partial charge in [-0.1, -0.05) is 44.2 Å². The summed E-state index contributed by atoms with van der Waals surface area (Å²) in [6, 6.07) is 9.38. The summed E-state index contributed by atoms with van der Waals surface area (Å²) < 4.78 is 27.3. The number of carbonyl (C=O) groups excluding carboxylic acids is 4. The summed E-state index contributed by atoms with van der Waals surface area (Å²) in [5, 5.41) is 12.6.